The summed E-state index contributed by atoms with van der Waals surface area (Å²) >= 11 is 1.22. The maximum Gasteiger partial charge on any atom is 0.264 e. The van der Waals surface area contributed by atoms with Crippen molar-refractivity contribution < 1.29 is 13.6 Å². The van der Waals surface area contributed by atoms with Gasteiger partial charge in [0.25, 0.3) is 5.91 Å². The van der Waals surface area contributed by atoms with Crippen LogP contribution in [0.4, 0.5) is 16.0 Å². The van der Waals surface area contributed by atoms with Crippen molar-refractivity contribution in [2.24, 2.45) is 4.99 Å². The van der Waals surface area contributed by atoms with Crippen LogP contribution in [0.25, 0.3) is 6.08 Å². The van der Waals surface area contributed by atoms with E-state index in [-0.39, 0.29) is 11.7 Å². The second kappa shape index (κ2) is 7.57. The molecule has 1 amide bonds. The summed E-state index contributed by atoms with van der Waals surface area (Å²) in [5.74, 6) is 0.837. The van der Waals surface area contributed by atoms with E-state index in [2.05, 4.69) is 29.1 Å². The van der Waals surface area contributed by atoms with Gasteiger partial charge in [0.15, 0.2) is 11.1 Å². The number of carbonyl (C=O) groups is 1. The Kier molecular flexibility index (Phi) is 5.23. The number of anilines is 1. The molecule has 0 saturated carbocycles. The molecule has 1 aromatic carbocycles. The van der Waals surface area contributed by atoms with Gasteiger partial charge in [-0.3, -0.25) is 4.79 Å². The number of benzene rings is 1. The number of aliphatic imine (C=N–C) groups is 1. The fourth-order valence-corrected chi connectivity index (χ4v) is 3.19. The van der Waals surface area contributed by atoms with Gasteiger partial charge in [-0.1, -0.05) is 0 Å². The van der Waals surface area contributed by atoms with E-state index in [0.717, 1.165) is 19.0 Å². The van der Waals surface area contributed by atoms with E-state index in [9.17, 15) is 9.18 Å². The van der Waals surface area contributed by atoms with Crippen LogP contribution >= 0.6 is 11.8 Å². The van der Waals surface area contributed by atoms with E-state index in [1.54, 1.807) is 18.2 Å². The first-order valence-corrected chi connectivity index (χ1v) is 8.80. The van der Waals surface area contributed by atoms with Gasteiger partial charge in [-0.25, -0.2) is 9.38 Å². The van der Waals surface area contributed by atoms with Crippen LogP contribution in [0, 0.1) is 5.82 Å². The van der Waals surface area contributed by atoms with E-state index in [1.807, 2.05) is 12.1 Å². The summed E-state index contributed by atoms with van der Waals surface area (Å²) in [4.78, 5) is 19.0. The zero-order valence-corrected chi connectivity index (χ0v) is 14.8. The quantitative estimate of drug-likeness (QED) is 0.815. The fraction of sp³-hybridized carbons (Fsp3) is 0.222. The lowest BCUT2D eigenvalue weighted by atomic mass is 10.3. The molecule has 1 fully saturated rings. The number of hydrogen-bond acceptors (Lipinski definition) is 5. The second-order valence-electron chi connectivity index (χ2n) is 5.31. The molecule has 3 rings (SSSR count). The Morgan fingerprint density at radius 2 is 1.92 bits per heavy atom. The van der Waals surface area contributed by atoms with E-state index in [0.29, 0.717) is 21.5 Å². The summed E-state index contributed by atoms with van der Waals surface area (Å²) in [7, 11) is 0. The summed E-state index contributed by atoms with van der Waals surface area (Å²) in [6.45, 7) is 5.82. The predicted octanol–water partition coefficient (Wildman–Crippen LogP) is 4.16. The van der Waals surface area contributed by atoms with Gasteiger partial charge in [-0.2, -0.15) is 0 Å². The van der Waals surface area contributed by atoms with Crippen molar-refractivity contribution in [1.29, 1.82) is 0 Å². The van der Waals surface area contributed by atoms with Gasteiger partial charge >= 0.3 is 0 Å². The van der Waals surface area contributed by atoms with E-state index in [4.69, 9.17) is 4.42 Å². The van der Waals surface area contributed by atoms with Gasteiger partial charge in [0.2, 0.25) is 0 Å². The topological polar surface area (TPSA) is 57.8 Å². The lowest BCUT2D eigenvalue weighted by molar-refractivity contribution is -0.115. The summed E-state index contributed by atoms with van der Waals surface area (Å²) < 4.78 is 18.7. The molecule has 0 bridgehead atoms. The van der Waals surface area contributed by atoms with Crippen molar-refractivity contribution in [3.63, 3.8) is 0 Å². The highest BCUT2D eigenvalue weighted by Gasteiger charge is 2.24. The summed E-state index contributed by atoms with van der Waals surface area (Å²) in [6.07, 6.45) is 1.69. The van der Waals surface area contributed by atoms with Crippen LogP contribution in [0.3, 0.4) is 0 Å². The first-order valence-electron chi connectivity index (χ1n) is 7.99. The van der Waals surface area contributed by atoms with E-state index < -0.39 is 0 Å². The Bertz CT molecular complexity index is 823. The minimum Gasteiger partial charge on any atom is -0.441 e. The van der Waals surface area contributed by atoms with E-state index >= 15 is 0 Å². The molecule has 1 aliphatic heterocycles. The van der Waals surface area contributed by atoms with Gasteiger partial charge in [0.1, 0.15) is 11.6 Å². The molecule has 2 heterocycles. The first kappa shape index (κ1) is 17.3. The molecule has 1 N–H and O–H groups in total. The minimum atomic E-state index is -0.325. The lowest BCUT2D eigenvalue weighted by Gasteiger charge is -2.16. The standard InChI is InChI=1S/C18H18FN3O2S/c1-3-22(4-2)16-10-9-14(24-16)11-15-17(23)21-18(25-15)20-13-7-5-12(19)6-8-13/h5-11H,3-4H2,1-2H3,(H,20,21,23)/b15-11+. The number of nitrogens with zero attached hydrogens (tertiary/aromatic N) is 2. The van der Waals surface area contributed by atoms with Gasteiger partial charge in [-0.15, -0.1) is 0 Å². The van der Waals surface area contributed by atoms with Crippen molar-refractivity contribution in [2.45, 2.75) is 13.8 Å². The van der Waals surface area contributed by atoms with Crippen LogP contribution in [0.5, 0.6) is 0 Å². The molecule has 5 nitrogen and oxygen atoms in total. The monoisotopic (exact) mass is 359 g/mol. The highest BCUT2D eigenvalue weighted by Crippen LogP contribution is 2.29. The maximum absolute atomic E-state index is 12.9. The molecule has 0 unspecified atom stereocenters. The highest BCUT2D eigenvalue weighted by atomic mass is 32.2. The molecule has 0 radical (unpaired) electrons. The SMILES string of the molecule is CCN(CC)c1ccc(/C=C2/SC(=Nc3ccc(F)cc3)NC2=O)o1. The normalized spacial score (nSPS) is 17.3. The van der Waals surface area contributed by atoms with Gasteiger partial charge in [0.05, 0.1) is 10.6 Å². The van der Waals surface area contributed by atoms with Crippen molar-refractivity contribution in [3.8, 4) is 0 Å². The molecule has 7 heteroatoms. The molecule has 1 aromatic heterocycles. The summed E-state index contributed by atoms with van der Waals surface area (Å²) in [5.41, 5.74) is 0.576. The Morgan fingerprint density at radius 3 is 2.60 bits per heavy atom. The second-order valence-corrected chi connectivity index (χ2v) is 6.34. The maximum atomic E-state index is 12.9. The largest absolute Gasteiger partial charge is 0.441 e. The zero-order chi connectivity index (χ0) is 17.8. The average molecular weight is 359 g/mol. The zero-order valence-electron chi connectivity index (χ0n) is 14.0. The van der Waals surface area contributed by atoms with Crippen LogP contribution in [0.15, 0.2) is 50.7 Å². The third-order valence-electron chi connectivity index (χ3n) is 3.67. The van der Waals surface area contributed by atoms with Crippen molar-refractivity contribution in [3.05, 3.63) is 52.9 Å². The molecule has 0 atom stereocenters. The van der Waals surface area contributed by atoms with Crippen LogP contribution in [0.1, 0.15) is 19.6 Å². The Labute approximate surface area is 149 Å². The Balaban J connectivity index is 1.76. The lowest BCUT2D eigenvalue weighted by Crippen LogP contribution is -2.20. The molecule has 130 valence electrons. The molecule has 1 aliphatic rings. The highest BCUT2D eigenvalue weighted by molar-refractivity contribution is 8.18. The third-order valence-corrected chi connectivity index (χ3v) is 4.58. The summed E-state index contributed by atoms with van der Waals surface area (Å²) in [6, 6.07) is 9.50. The van der Waals surface area contributed by atoms with Crippen molar-refractivity contribution >= 4 is 40.5 Å². The van der Waals surface area contributed by atoms with Gasteiger partial charge in [0, 0.05) is 25.2 Å². The van der Waals surface area contributed by atoms with E-state index in [1.165, 1.54) is 23.9 Å². The number of thioether (sulfide) groups is 1. The van der Waals surface area contributed by atoms with Crippen molar-refractivity contribution in [2.75, 3.05) is 18.0 Å². The van der Waals surface area contributed by atoms with Crippen LogP contribution < -0.4 is 10.2 Å². The Hall–Kier alpha value is -2.54. The number of rotatable bonds is 5. The van der Waals surface area contributed by atoms with Crippen molar-refractivity contribution in [1.82, 2.24) is 5.32 Å². The smallest absolute Gasteiger partial charge is 0.264 e. The van der Waals surface area contributed by atoms with Crippen LogP contribution in [-0.4, -0.2) is 24.2 Å². The third kappa shape index (κ3) is 4.11. The molecule has 0 spiro atoms. The number of nitrogens with one attached hydrogen (secondary N) is 1. The number of hydrogen-bond donors (Lipinski definition) is 1. The molecule has 0 aliphatic carbocycles. The molecule has 25 heavy (non-hydrogen) atoms. The van der Waals surface area contributed by atoms with Crippen LogP contribution in [0.2, 0.25) is 0 Å². The predicted molar refractivity (Wildman–Crippen MR) is 99.5 cm³/mol. The number of furan rings is 1. The van der Waals surface area contributed by atoms with Crippen LogP contribution in [-0.2, 0) is 4.79 Å². The van der Waals surface area contributed by atoms with Gasteiger partial charge in [-0.05, 0) is 55.9 Å². The molecule has 2 aromatic rings. The molecular weight excluding hydrogens is 341 g/mol. The number of halogens is 1. The number of carbonyl (C=O) groups excluding carboxylic acids is 1. The number of amides is 1. The fourth-order valence-electron chi connectivity index (χ4n) is 2.37. The molecular formula is C18H18FN3O2S. The molecule has 1 saturated heterocycles. The minimum absolute atomic E-state index is 0.230. The summed E-state index contributed by atoms with van der Waals surface area (Å²) in [5, 5.41) is 3.16. The van der Waals surface area contributed by atoms with Gasteiger partial charge < -0.3 is 14.6 Å². The Morgan fingerprint density at radius 1 is 1.20 bits per heavy atom. The number of amidine groups is 1. The first-order chi connectivity index (χ1) is 12.1. The average Bonchev–Trinajstić information content (AvgIpc) is 3.19.